The van der Waals surface area contributed by atoms with E-state index in [9.17, 15) is 14.7 Å². The van der Waals surface area contributed by atoms with Gasteiger partial charge in [-0.1, -0.05) is 12.1 Å². The summed E-state index contributed by atoms with van der Waals surface area (Å²) < 4.78 is 22.2. The molecule has 1 heterocycles. The van der Waals surface area contributed by atoms with Gasteiger partial charge in [-0.3, -0.25) is 14.5 Å². The number of phenolic OH excluding ortho intramolecular Hbond substituents is 1. The highest BCUT2D eigenvalue weighted by Crippen LogP contribution is 2.39. The molecule has 2 atom stereocenters. The van der Waals surface area contributed by atoms with Crippen molar-refractivity contribution in [2.24, 2.45) is 5.92 Å². The van der Waals surface area contributed by atoms with Gasteiger partial charge in [0.25, 0.3) is 0 Å². The van der Waals surface area contributed by atoms with Crippen molar-refractivity contribution in [1.82, 2.24) is 9.80 Å². The number of phenols is 1. The molecule has 1 aliphatic heterocycles. The lowest BCUT2D eigenvalue weighted by Crippen LogP contribution is -2.50. The Morgan fingerprint density at radius 1 is 1.02 bits per heavy atom. The first-order chi connectivity index (χ1) is 20.1. The predicted molar refractivity (Wildman–Crippen MR) is 160 cm³/mol. The van der Waals surface area contributed by atoms with Gasteiger partial charge < -0.3 is 29.0 Å². The van der Waals surface area contributed by atoms with Gasteiger partial charge in [-0.2, -0.15) is 0 Å². The number of methoxy groups -OCH3 is 2. The van der Waals surface area contributed by atoms with Crippen molar-refractivity contribution < 1.29 is 33.6 Å². The van der Waals surface area contributed by atoms with Gasteiger partial charge in [-0.15, -0.1) is 0 Å². The smallest absolute Gasteiger partial charge is 0.320 e. The Morgan fingerprint density at radius 2 is 1.79 bits per heavy atom. The second kappa shape index (κ2) is 14.2. The van der Waals surface area contributed by atoms with Gasteiger partial charge in [0.05, 0.1) is 26.2 Å². The van der Waals surface area contributed by atoms with E-state index in [2.05, 4.69) is 0 Å². The van der Waals surface area contributed by atoms with Crippen LogP contribution in [0.1, 0.15) is 63.5 Å². The molecule has 0 radical (unpaired) electrons. The standard InChI is InChI=1S/C33H46N2O7/c1-33(2,3)42-31(37)22-34-13-12-29(24-8-6-9-26(36)18-24)30(21-34)32(38)35(25-10-11-25)20-23-16-27(40-5)19-28(17-23)41-15-7-14-39-4/h6,8-9,16-19,25,29-30,36H,7,10-15,20-22H2,1-5H3/t29-,30+/m1/s1. The molecule has 1 saturated heterocycles. The fraction of sp³-hybridized carbons (Fsp3) is 0.576. The van der Waals surface area contributed by atoms with Crippen LogP contribution in [0.25, 0.3) is 0 Å². The minimum absolute atomic E-state index is 0.0603. The lowest BCUT2D eigenvalue weighted by atomic mass is 9.79. The maximum Gasteiger partial charge on any atom is 0.320 e. The third kappa shape index (κ3) is 9.10. The van der Waals surface area contributed by atoms with Gasteiger partial charge in [-0.25, -0.2) is 0 Å². The van der Waals surface area contributed by atoms with Gasteiger partial charge >= 0.3 is 5.97 Å². The number of aromatic hydroxyl groups is 1. The van der Waals surface area contributed by atoms with Crippen LogP contribution in [-0.4, -0.2) is 85.5 Å². The third-order valence-electron chi connectivity index (χ3n) is 7.65. The summed E-state index contributed by atoms with van der Waals surface area (Å²) in [4.78, 5) is 31.1. The van der Waals surface area contributed by atoms with E-state index in [-0.39, 0.29) is 42.0 Å². The molecule has 1 aliphatic carbocycles. The molecular weight excluding hydrogens is 536 g/mol. The molecule has 0 spiro atoms. The van der Waals surface area contributed by atoms with E-state index in [1.165, 1.54) is 0 Å². The number of amides is 1. The van der Waals surface area contributed by atoms with Gasteiger partial charge in [0.1, 0.15) is 22.8 Å². The average Bonchev–Trinajstić information content (AvgIpc) is 3.78. The molecule has 2 aliphatic rings. The van der Waals surface area contributed by atoms with Crippen molar-refractivity contribution in [3.63, 3.8) is 0 Å². The summed E-state index contributed by atoms with van der Waals surface area (Å²) in [5.41, 5.74) is 1.30. The maximum atomic E-state index is 14.4. The van der Waals surface area contributed by atoms with E-state index in [4.69, 9.17) is 18.9 Å². The number of esters is 1. The second-order valence-corrected chi connectivity index (χ2v) is 12.3. The van der Waals surface area contributed by atoms with Crippen molar-refractivity contribution in [3.8, 4) is 17.2 Å². The Morgan fingerprint density at radius 3 is 2.43 bits per heavy atom. The summed E-state index contributed by atoms with van der Waals surface area (Å²) in [5, 5.41) is 10.2. The van der Waals surface area contributed by atoms with Crippen molar-refractivity contribution >= 4 is 11.9 Å². The molecule has 2 aromatic carbocycles. The molecular formula is C33H46N2O7. The van der Waals surface area contributed by atoms with Crippen LogP contribution >= 0.6 is 0 Å². The molecule has 9 nitrogen and oxygen atoms in total. The first-order valence-corrected chi connectivity index (χ1v) is 14.9. The van der Waals surface area contributed by atoms with E-state index in [1.807, 2.05) is 60.9 Å². The van der Waals surface area contributed by atoms with E-state index < -0.39 is 5.60 Å². The monoisotopic (exact) mass is 582 g/mol. The highest BCUT2D eigenvalue weighted by atomic mass is 16.6. The summed E-state index contributed by atoms with van der Waals surface area (Å²) >= 11 is 0. The molecule has 0 unspecified atom stereocenters. The molecule has 0 bridgehead atoms. The van der Waals surface area contributed by atoms with E-state index in [0.717, 1.165) is 30.4 Å². The van der Waals surface area contributed by atoms with Crippen LogP contribution in [0.4, 0.5) is 0 Å². The van der Waals surface area contributed by atoms with Crippen LogP contribution in [0.15, 0.2) is 42.5 Å². The second-order valence-electron chi connectivity index (χ2n) is 12.3. The molecule has 0 aromatic heterocycles. The number of likely N-dealkylation sites (tertiary alicyclic amines) is 1. The number of carbonyl (C=O) groups excluding carboxylic acids is 2. The van der Waals surface area contributed by atoms with E-state index in [1.54, 1.807) is 26.4 Å². The van der Waals surface area contributed by atoms with Crippen LogP contribution in [0.3, 0.4) is 0 Å². The van der Waals surface area contributed by atoms with E-state index in [0.29, 0.717) is 50.8 Å². The van der Waals surface area contributed by atoms with Crippen LogP contribution in [0.5, 0.6) is 17.2 Å². The topological polar surface area (TPSA) is 97.8 Å². The molecule has 2 aromatic rings. The minimum atomic E-state index is -0.571. The quantitative estimate of drug-likeness (QED) is 0.267. The highest BCUT2D eigenvalue weighted by Gasteiger charge is 2.42. The Bertz CT molecular complexity index is 1210. The fourth-order valence-corrected chi connectivity index (χ4v) is 5.62. The fourth-order valence-electron chi connectivity index (χ4n) is 5.62. The Hall–Kier alpha value is -3.30. The van der Waals surface area contributed by atoms with Crippen molar-refractivity contribution in [3.05, 3.63) is 53.6 Å². The molecule has 1 N–H and O–H groups in total. The molecule has 42 heavy (non-hydrogen) atoms. The number of benzene rings is 2. The molecule has 4 rings (SSSR count). The van der Waals surface area contributed by atoms with Crippen molar-refractivity contribution in [1.29, 1.82) is 0 Å². The average molecular weight is 583 g/mol. The Kier molecular flexibility index (Phi) is 10.7. The van der Waals surface area contributed by atoms with Crippen molar-refractivity contribution in [2.75, 3.05) is 47.1 Å². The number of nitrogens with zero attached hydrogens (tertiary/aromatic N) is 2. The largest absolute Gasteiger partial charge is 0.508 e. The first kappa shape index (κ1) is 31.6. The van der Waals surface area contributed by atoms with Crippen LogP contribution < -0.4 is 9.47 Å². The molecule has 230 valence electrons. The summed E-state index contributed by atoms with van der Waals surface area (Å²) in [6.45, 7) is 8.37. The maximum absolute atomic E-state index is 14.4. The normalized spacial score (nSPS) is 19.3. The van der Waals surface area contributed by atoms with Gasteiger partial charge in [0.2, 0.25) is 5.91 Å². The predicted octanol–water partition coefficient (Wildman–Crippen LogP) is 4.75. The van der Waals surface area contributed by atoms with Crippen LogP contribution in [0, 0.1) is 5.92 Å². The number of rotatable bonds is 13. The summed E-state index contributed by atoms with van der Waals surface area (Å²) in [5.74, 6) is 0.870. The summed E-state index contributed by atoms with van der Waals surface area (Å²) in [6.07, 6.45) is 3.38. The summed E-state index contributed by atoms with van der Waals surface area (Å²) in [7, 11) is 3.29. The van der Waals surface area contributed by atoms with Gasteiger partial charge in [0.15, 0.2) is 0 Å². The third-order valence-corrected chi connectivity index (χ3v) is 7.65. The number of piperidine rings is 1. The number of carbonyl (C=O) groups is 2. The lowest BCUT2D eigenvalue weighted by molar-refractivity contribution is -0.157. The lowest BCUT2D eigenvalue weighted by Gasteiger charge is -2.40. The molecule has 9 heteroatoms. The minimum Gasteiger partial charge on any atom is -0.508 e. The SMILES string of the molecule is COCCCOc1cc(CN(C(=O)[C@H]2CN(CC(=O)OC(C)(C)C)CC[C@@H]2c2cccc(O)c2)C2CC2)cc(OC)c1. The zero-order chi connectivity index (χ0) is 30.3. The highest BCUT2D eigenvalue weighted by molar-refractivity contribution is 5.81. The Balaban J connectivity index is 1.56. The summed E-state index contributed by atoms with van der Waals surface area (Å²) in [6, 6.07) is 13.1. The number of hydrogen-bond acceptors (Lipinski definition) is 8. The number of hydrogen-bond donors (Lipinski definition) is 1. The van der Waals surface area contributed by atoms with E-state index >= 15 is 0 Å². The molecule has 2 fully saturated rings. The first-order valence-electron chi connectivity index (χ1n) is 14.9. The van der Waals surface area contributed by atoms with Crippen molar-refractivity contribution in [2.45, 2.75) is 70.6 Å². The zero-order valence-electron chi connectivity index (χ0n) is 25.6. The molecule has 1 amide bonds. The molecule has 1 saturated carbocycles. The zero-order valence-corrected chi connectivity index (χ0v) is 25.6. The Labute approximate surface area is 249 Å². The number of ether oxygens (including phenoxy) is 4. The van der Waals surface area contributed by atoms with Gasteiger partial charge in [-0.05, 0) is 87.9 Å². The van der Waals surface area contributed by atoms with Gasteiger partial charge in [0, 0.05) is 45.3 Å². The van der Waals surface area contributed by atoms with Crippen LogP contribution in [-0.2, 0) is 25.6 Å². The van der Waals surface area contributed by atoms with Crippen LogP contribution in [0.2, 0.25) is 0 Å².